The van der Waals surface area contributed by atoms with Crippen molar-refractivity contribution in [1.82, 2.24) is 0 Å². The van der Waals surface area contributed by atoms with Crippen molar-refractivity contribution in [3.8, 4) is 0 Å². The molecule has 0 aromatic carbocycles. The molecule has 0 spiro atoms. The Morgan fingerprint density at radius 2 is 1.53 bits per heavy atom. The van der Waals surface area contributed by atoms with E-state index in [0.717, 1.165) is 17.8 Å². The third-order valence-electron chi connectivity index (χ3n) is 6.39. The van der Waals surface area contributed by atoms with Gasteiger partial charge in [-0.3, -0.25) is 0 Å². The van der Waals surface area contributed by atoms with Crippen LogP contribution in [0.2, 0.25) is 0 Å². The second-order valence-corrected chi connectivity index (χ2v) is 8.75. The minimum absolute atomic E-state index is 0.422. The summed E-state index contributed by atoms with van der Waals surface area (Å²) in [6.45, 7) is 16.9. The SMILES string of the molecule is C=C(C1CC(C)CCC1C)C1(C)CCC(C)(C)CC1. The molecule has 0 heteroatoms. The third-order valence-corrected chi connectivity index (χ3v) is 6.39. The lowest BCUT2D eigenvalue weighted by Crippen LogP contribution is -2.35. The first-order chi connectivity index (χ1) is 8.73. The van der Waals surface area contributed by atoms with Crippen LogP contribution in [0, 0.1) is 28.6 Å². The van der Waals surface area contributed by atoms with Crippen molar-refractivity contribution in [2.24, 2.45) is 28.6 Å². The van der Waals surface area contributed by atoms with Gasteiger partial charge < -0.3 is 0 Å². The predicted molar refractivity (Wildman–Crippen MR) is 85.2 cm³/mol. The summed E-state index contributed by atoms with van der Waals surface area (Å²) in [7, 11) is 0. The van der Waals surface area contributed by atoms with Crippen molar-refractivity contribution in [3.05, 3.63) is 12.2 Å². The summed E-state index contributed by atoms with van der Waals surface area (Å²) in [5.41, 5.74) is 2.58. The average Bonchev–Trinajstić information content (AvgIpc) is 2.35. The Morgan fingerprint density at radius 1 is 0.947 bits per heavy atom. The molecule has 0 radical (unpaired) electrons. The molecule has 110 valence electrons. The minimum atomic E-state index is 0.422. The van der Waals surface area contributed by atoms with Crippen LogP contribution in [0.5, 0.6) is 0 Å². The summed E-state index contributed by atoms with van der Waals surface area (Å²) in [4.78, 5) is 0. The highest BCUT2D eigenvalue weighted by atomic mass is 14.5. The molecular formula is C19H34. The Balaban J connectivity index is 2.06. The Bertz CT molecular complexity index is 326. The van der Waals surface area contributed by atoms with Crippen molar-refractivity contribution in [3.63, 3.8) is 0 Å². The van der Waals surface area contributed by atoms with Gasteiger partial charge in [0, 0.05) is 0 Å². The predicted octanol–water partition coefficient (Wildman–Crippen LogP) is 6.22. The normalized spacial score (nSPS) is 37.8. The lowest BCUT2D eigenvalue weighted by molar-refractivity contribution is 0.118. The van der Waals surface area contributed by atoms with Crippen molar-refractivity contribution in [2.75, 3.05) is 0 Å². The molecule has 3 unspecified atom stereocenters. The van der Waals surface area contributed by atoms with Crippen molar-refractivity contribution < 1.29 is 0 Å². The molecule has 0 amide bonds. The summed E-state index contributed by atoms with van der Waals surface area (Å²) in [6.07, 6.45) is 9.69. The molecule has 2 aliphatic rings. The Kier molecular flexibility index (Phi) is 4.19. The molecular weight excluding hydrogens is 228 g/mol. The van der Waals surface area contributed by atoms with Crippen LogP contribution < -0.4 is 0 Å². The van der Waals surface area contributed by atoms with Gasteiger partial charge in [-0.25, -0.2) is 0 Å². The highest BCUT2D eigenvalue weighted by molar-refractivity contribution is 5.16. The minimum Gasteiger partial charge on any atom is -0.0990 e. The molecule has 2 aliphatic carbocycles. The monoisotopic (exact) mass is 262 g/mol. The van der Waals surface area contributed by atoms with Gasteiger partial charge in [0.05, 0.1) is 0 Å². The van der Waals surface area contributed by atoms with E-state index in [-0.39, 0.29) is 0 Å². The van der Waals surface area contributed by atoms with Gasteiger partial charge in [0.25, 0.3) is 0 Å². The maximum Gasteiger partial charge on any atom is -0.0116 e. The van der Waals surface area contributed by atoms with E-state index in [1.807, 2.05) is 0 Å². The first-order valence-corrected chi connectivity index (χ1v) is 8.43. The lowest BCUT2D eigenvalue weighted by Gasteiger charge is -2.47. The van der Waals surface area contributed by atoms with Gasteiger partial charge in [0.2, 0.25) is 0 Å². The summed E-state index contributed by atoms with van der Waals surface area (Å²) in [6, 6.07) is 0. The van der Waals surface area contributed by atoms with Crippen molar-refractivity contribution in [2.45, 2.75) is 79.6 Å². The molecule has 0 N–H and O–H groups in total. The fourth-order valence-corrected chi connectivity index (χ4v) is 4.27. The Hall–Kier alpha value is -0.260. The van der Waals surface area contributed by atoms with E-state index in [9.17, 15) is 0 Å². The molecule has 3 atom stereocenters. The maximum atomic E-state index is 4.61. The Morgan fingerprint density at radius 3 is 2.11 bits per heavy atom. The van der Waals surface area contributed by atoms with E-state index >= 15 is 0 Å². The van der Waals surface area contributed by atoms with Gasteiger partial charge in [-0.2, -0.15) is 0 Å². The second-order valence-electron chi connectivity index (χ2n) is 8.75. The largest absolute Gasteiger partial charge is 0.0990 e. The molecule has 0 heterocycles. The van der Waals surface area contributed by atoms with Gasteiger partial charge >= 0.3 is 0 Å². The highest BCUT2D eigenvalue weighted by Gasteiger charge is 2.41. The van der Waals surface area contributed by atoms with E-state index in [2.05, 4.69) is 41.2 Å². The smallest absolute Gasteiger partial charge is 0.0116 e. The van der Waals surface area contributed by atoms with Crippen molar-refractivity contribution in [1.29, 1.82) is 0 Å². The number of hydrogen-bond donors (Lipinski definition) is 0. The van der Waals surface area contributed by atoms with Gasteiger partial charge in [-0.1, -0.05) is 53.2 Å². The van der Waals surface area contributed by atoms with Gasteiger partial charge in [0.1, 0.15) is 0 Å². The summed E-state index contributed by atoms with van der Waals surface area (Å²) >= 11 is 0. The number of allylic oxidation sites excluding steroid dienone is 1. The quantitative estimate of drug-likeness (QED) is 0.518. The fraction of sp³-hybridized carbons (Fsp3) is 0.895. The van der Waals surface area contributed by atoms with Crippen LogP contribution >= 0.6 is 0 Å². The van der Waals surface area contributed by atoms with Crippen LogP contribution in [0.4, 0.5) is 0 Å². The zero-order chi connectivity index (χ0) is 14.3. The lowest BCUT2D eigenvalue weighted by atomic mass is 9.58. The Labute approximate surface area is 121 Å². The number of hydrogen-bond acceptors (Lipinski definition) is 0. The zero-order valence-corrected chi connectivity index (χ0v) is 13.9. The maximum absolute atomic E-state index is 4.61. The van der Waals surface area contributed by atoms with Crippen molar-refractivity contribution >= 4 is 0 Å². The molecule has 2 rings (SSSR count). The van der Waals surface area contributed by atoms with Crippen LogP contribution in [-0.2, 0) is 0 Å². The van der Waals surface area contributed by atoms with Crippen LogP contribution in [0.3, 0.4) is 0 Å². The van der Waals surface area contributed by atoms with Crippen LogP contribution in [-0.4, -0.2) is 0 Å². The van der Waals surface area contributed by atoms with E-state index in [1.165, 1.54) is 44.9 Å². The van der Waals surface area contributed by atoms with E-state index < -0.39 is 0 Å². The third kappa shape index (κ3) is 3.26. The molecule has 0 aliphatic heterocycles. The molecule has 0 aromatic heterocycles. The fourth-order valence-electron chi connectivity index (χ4n) is 4.27. The highest BCUT2D eigenvalue weighted by Crippen LogP contribution is 2.53. The second kappa shape index (κ2) is 5.26. The molecule has 2 saturated carbocycles. The standard InChI is InChI=1S/C19H34/c1-14-7-8-15(2)17(13-14)16(3)19(6)11-9-18(4,5)10-12-19/h14-15,17H,3,7-13H2,1-2,4-6H3. The summed E-state index contributed by atoms with van der Waals surface area (Å²) in [5, 5.41) is 0. The number of rotatable bonds is 2. The summed E-state index contributed by atoms with van der Waals surface area (Å²) in [5.74, 6) is 2.55. The molecule has 0 saturated heterocycles. The van der Waals surface area contributed by atoms with Gasteiger partial charge in [0.15, 0.2) is 0 Å². The molecule has 0 aromatic rings. The summed E-state index contributed by atoms with van der Waals surface area (Å²) < 4.78 is 0. The van der Waals surface area contributed by atoms with Crippen LogP contribution in [0.1, 0.15) is 79.6 Å². The van der Waals surface area contributed by atoms with Crippen LogP contribution in [0.25, 0.3) is 0 Å². The van der Waals surface area contributed by atoms with Gasteiger partial charge in [-0.15, -0.1) is 0 Å². The zero-order valence-electron chi connectivity index (χ0n) is 13.9. The average molecular weight is 262 g/mol. The first-order valence-electron chi connectivity index (χ1n) is 8.43. The van der Waals surface area contributed by atoms with E-state index in [1.54, 1.807) is 5.57 Å². The molecule has 0 nitrogen and oxygen atoms in total. The van der Waals surface area contributed by atoms with Crippen LogP contribution in [0.15, 0.2) is 12.2 Å². The van der Waals surface area contributed by atoms with E-state index in [4.69, 9.17) is 0 Å². The van der Waals surface area contributed by atoms with Gasteiger partial charge in [-0.05, 0) is 67.1 Å². The molecule has 0 bridgehead atoms. The molecule has 2 fully saturated rings. The molecule has 19 heavy (non-hydrogen) atoms. The topological polar surface area (TPSA) is 0 Å². The van der Waals surface area contributed by atoms with E-state index in [0.29, 0.717) is 10.8 Å². The first kappa shape index (κ1) is 15.1.